The molecule has 0 spiro atoms. The zero-order valence-corrected chi connectivity index (χ0v) is 16.9. The van der Waals surface area contributed by atoms with E-state index >= 15 is 0 Å². The van der Waals surface area contributed by atoms with E-state index in [2.05, 4.69) is 0 Å². The van der Waals surface area contributed by atoms with Crippen molar-refractivity contribution in [3.63, 3.8) is 0 Å². The molecule has 1 aromatic rings. The highest BCUT2D eigenvalue weighted by Crippen LogP contribution is 2.61. The average Bonchev–Trinajstić information content (AvgIpc) is 2.55. The minimum Gasteiger partial charge on any atom is -0.457 e. The molecule has 4 heteroatoms. The van der Waals surface area contributed by atoms with Gasteiger partial charge in [0.1, 0.15) is 0 Å². The van der Waals surface area contributed by atoms with E-state index in [1.54, 1.807) is 0 Å². The third-order valence-electron chi connectivity index (χ3n) is 7.43. The number of Topliss-reactive ketones (excluding diaryl/α,β-unsaturated/α-hetero) is 1. The van der Waals surface area contributed by atoms with E-state index in [9.17, 15) is 14.7 Å². The first-order chi connectivity index (χ1) is 12.6. The van der Waals surface area contributed by atoms with Crippen LogP contribution >= 0.6 is 0 Å². The van der Waals surface area contributed by atoms with E-state index in [0.717, 1.165) is 48.8 Å². The lowest BCUT2D eigenvalue weighted by Crippen LogP contribution is -2.58. The van der Waals surface area contributed by atoms with Crippen LogP contribution in [0.3, 0.4) is 0 Å². The van der Waals surface area contributed by atoms with Gasteiger partial charge < -0.3 is 9.84 Å². The fraction of sp³-hybridized carbons (Fsp3) is 0.652. The van der Waals surface area contributed by atoms with Crippen molar-refractivity contribution in [2.24, 2.45) is 17.3 Å². The van der Waals surface area contributed by atoms with Gasteiger partial charge in [-0.2, -0.15) is 0 Å². The van der Waals surface area contributed by atoms with Gasteiger partial charge in [-0.05, 0) is 100 Å². The van der Waals surface area contributed by atoms with E-state index in [-0.39, 0.29) is 18.4 Å². The summed E-state index contributed by atoms with van der Waals surface area (Å²) in [6.07, 6.45) is 4.87. The lowest BCUT2D eigenvalue weighted by Gasteiger charge is -2.58. The van der Waals surface area contributed by atoms with Gasteiger partial charge in [-0.3, -0.25) is 9.59 Å². The normalized spacial score (nSPS) is 34.0. The highest BCUT2D eigenvalue weighted by Gasteiger charge is 2.60. The molecule has 5 rings (SSSR count). The lowest BCUT2D eigenvalue weighted by molar-refractivity contribution is -0.195. The first-order valence-corrected chi connectivity index (χ1v) is 10.1. The van der Waals surface area contributed by atoms with Gasteiger partial charge in [0.2, 0.25) is 5.78 Å². The number of hydrogen-bond acceptors (Lipinski definition) is 4. The Labute approximate surface area is 161 Å². The van der Waals surface area contributed by atoms with Crippen LogP contribution in [-0.2, 0) is 9.53 Å². The molecular formula is C23H30O4. The Bertz CT molecular complexity index is 808. The molecule has 4 nitrogen and oxygen atoms in total. The fourth-order valence-electron chi connectivity index (χ4n) is 6.52. The Kier molecular flexibility index (Phi) is 4.26. The van der Waals surface area contributed by atoms with Crippen molar-refractivity contribution in [1.82, 2.24) is 0 Å². The third kappa shape index (κ3) is 3.02. The molecule has 0 heterocycles. The number of rotatable bonds is 4. The number of carbonyl (C=O) groups is 2. The van der Waals surface area contributed by atoms with Crippen molar-refractivity contribution in [2.75, 3.05) is 6.61 Å². The van der Waals surface area contributed by atoms with Crippen LogP contribution in [0.25, 0.3) is 0 Å². The molecule has 4 atom stereocenters. The maximum atomic E-state index is 13.0. The fourth-order valence-corrected chi connectivity index (χ4v) is 6.52. The number of aryl methyl sites for hydroxylation is 2. The van der Waals surface area contributed by atoms with Gasteiger partial charge in [0.15, 0.2) is 6.61 Å². The zero-order valence-electron chi connectivity index (χ0n) is 16.9. The minimum atomic E-state index is -0.700. The van der Waals surface area contributed by atoms with Crippen LogP contribution in [0.5, 0.6) is 0 Å². The predicted molar refractivity (Wildman–Crippen MR) is 103 cm³/mol. The topological polar surface area (TPSA) is 63.6 Å². The molecular weight excluding hydrogens is 340 g/mol. The monoisotopic (exact) mass is 370 g/mol. The summed E-state index contributed by atoms with van der Waals surface area (Å²) in [7, 11) is 0. The second kappa shape index (κ2) is 6.16. The van der Waals surface area contributed by atoms with Crippen molar-refractivity contribution < 1.29 is 19.4 Å². The smallest absolute Gasteiger partial charge is 0.312 e. The van der Waals surface area contributed by atoms with Crippen molar-refractivity contribution in [2.45, 2.75) is 71.8 Å². The number of aliphatic hydroxyl groups is 1. The molecule has 0 amide bonds. The molecule has 1 aromatic carbocycles. The van der Waals surface area contributed by atoms with Crippen LogP contribution < -0.4 is 0 Å². The Morgan fingerprint density at radius 1 is 1.04 bits per heavy atom. The molecule has 0 aliphatic heterocycles. The highest BCUT2D eigenvalue weighted by molar-refractivity contribution is 6.01. The zero-order chi connectivity index (χ0) is 19.6. The summed E-state index contributed by atoms with van der Waals surface area (Å²) in [5.74, 6) is 0.430. The molecule has 0 aromatic heterocycles. The summed E-state index contributed by atoms with van der Waals surface area (Å²) in [6.45, 7) is 7.74. The molecule has 4 aliphatic carbocycles. The molecule has 0 radical (unpaired) electrons. The maximum absolute atomic E-state index is 13.0. The Morgan fingerprint density at radius 2 is 1.67 bits per heavy atom. The van der Waals surface area contributed by atoms with Gasteiger partial charge in [-0.25, -0.2) is 0 Å². The van der Waals surface area contributed by atoms with Gasteiger partial charge in [-0.15, -0.1) is 0 Å². The van der Waals surface area contributed by atoms with Gasteiger partial charge in [0.25, 0.3) is 0 Å². The molecule has 4 bridgehead atoms. The summed E-state index contributed by atoms with van der Waals surface area (Å²) >= 11 is 0. The molecule has 0 saturated heterocycles. The number of benzene rings is 1. The lowest BCUT2D eigenvalue weighted by atomic mass is 9.48. The Hall–Kier alpha value is -1.68. The standard InChI is InChI=1S/C23H30O4/c1-13-5-14(2)20(16(4)15(13)3)19(24)11-27-21(25)22-7-17-6-18(8-22)10-23(26,9-17)12-22/h5,17-18,26H,6-12H2,1-4H3/t17-,18+,22?,23?. The van der Waals surface area contributed by atoms with Crippen LogP contribution in [0, 0.1) is 44.9 Å². The van der Waals surface area contributed by atoms with E-state index in [1.807, 2.05) is 33.8 Å². The van der Waals surface area contributed by atoms with Gasteiger partial charge >= 0.3 is 5.97 Å². The van der Waals surface area contributed by atoms with E-state index in [1.165, 1.54) is 5.56 Å². The van der Waals surface area contributed by atoms with E-state index in [0.29, 0.717) is 23.8 Å². The molecule has 4 saturated carbocycles. The Balaban J connectivity index is 1.49. The van der Waals surface area contributed by atoms with E-state index < -0.39 is 11.0 Å². The van der Waals surface area contributed by atoms with Crippen LogP contribution in [0.15, 0.2) is 6.07 Å². The van der Waals surface area contributed by atoms with Crippen LogP contribution in [-0.4, -0.2) is 29.1 Å². The van der Waals surface area contributed by atoms with Crippen LogP contribution in [0.2, 0.25) is 0 Å². The second-order valence-electron chi connectivity index (χ2n) is 9.60. The number of ketones is 1. The molecule has 1 N–H and O–H groups in total. The number of ether oxygens (including phenoxy) is 1. The average molecular weight is 370 g/mol. The third-order valence-corrected chi connectivity index (χ3v) is 7.43. The molecule has 146 valence electrons. The number of hydrogen-bond donors (Lipinski definition) is 1. The molecule has 4 aliphatic rings. The summed E-state index contributed by atoms with van der Waals surface area (Å²) in [6, 6.07) is 2.02. The maximum Gasteiger partial charge on any atom is 0.312 e. The number of carbonyl (C=O) groups excluding carboxylic acids is 2. The molecule has 2 unspecified atom stereocenters. The van der Waals surface area contributed by atoms with Crippen molar-refractivity contribution in [3.05, 3.63) is 33.9 Å². The van der Waals surface area contributed by atoms with Gasteiger partial charge in [0.05, 0.1) is 11.0 Å². The van der Waals surface area contributed by atoms with Gasteiger partial charge in [-0.1, -0.05) is 6.07 Å². The quantitative estimate of drug-likeness (QED) is 0.643. The van der Waals surface area contributed by atoms with E-state index in [4.69, 9.17) is 4.74 Å². The SMILES string of the molecule is Cc1cc(C)c(C(=O)COC(=O)C23C[C@@H]4C[C@@H](CC(O)(C4)C2)C3)c(C)c1C. The van der Waals surface area contributed by atoms with Crippen LogP contribution in [0.1, 0.15) is 71.1 Å². The van der Waals surface area contributed by atoms with Crippen molar-refractivity contribution in [3.8, 4) is 0 Å². The first kappa shape index (κ1) is 18.7. The summed E-state index contributed by atoms with van der Waals surface area (Å²) in [4.78, 5) is 25.8. The molecule has 4 fully saturated rings. The van der Waals surface area contributed by atoms with Crippen LogP contribution in [0.4, 0.5) is 0 Å². The predicted octanol–water partition coefficient (Wildman–Crippen LogP) is 3.98. The second-order valence-corrected chi connectivity index (χ2v) is 9.60. The molecule has 27 heavy (non-hydrogen) atoms. The summed E-state index contributed by atoms with van der Waals surface area (Å²) in [5, 5.41) is 10.8. The first-order valence-electron chi connectivity index (χ1n) is 10.1. The largest absolute Gasteiger partial charge is 0.457 e. The van der Waals surface area contributed by atoms with Gasteiger partial charge in [0, 0.05) is 5.56 Å². The summed E-state index contributed by atoms with van der Waals surface area (Å²) in [5.41, 5.74) is 3.58. The van der Waals surface area contributed by atoms with Crippen molar-refractivity contribution in [1.29, 1.82) is 0 Å². The minimum absolute atomic E-state index is 0.134. The highest BCUT2D eigenvalue weighted by atomic mass is 16.5. The summed E-state index contributed by atoms with van der Waals surface area (Å²) < 4.78 is 5.57. The Morgan fingerprint density at radius 3 is 2.26 bits per heavy atom. The van der Waals surface area contributed by atoms with Crippen molar-refractivity contribution >= 4 is 11.8 Å². The number of esters is 1.